The molecule has 6 nitrogen and oxygen atoms in total. The first-order chi connectivity index (χ1) is 6.07. The van der Waals surface area contributed by atoms with E-state index in [2.05, 4.69) is 0 Å². The topological polar surface area (TPSA) is 101 Å². The van der Waals surface area contributed by atoms with Gasteiger partial charge in [-0.2, -0.15) is 0 Å². The van der Waals surface area contributed by atoms with E-state index in [0.29, 0.717) is 0 Å². The minimum Gasteiger partial charge on any atom is -0.481 e. The number of carboxylic acid groups (broad SMARTS) is 2. The maximum atomic E-state index is 11.2. The highest BCUT2D eigenvalue weighted by Crippen LogP contribution is 2.43. The van der Waals surface area contributed by atoms with E-state index >= 15 is 0 Å². The molecule has 0 aromatic carbocycles. The first kappa shape index (κ1) is 13.1. The van der Waals surface area contributed by atoms with Crippen LogP contribution in [0.2, 0.25) is 0 Å². The fourth-order valence-corrected chi connectivity index (χ4v) is 2.03. The lowest BCUT2D eigenvalue weighted by Gasteiger charge is -2.25. The first-order valence-electron chi connectivity index (χ1n) is 3.78. The van der Waals surface area contributed by atoms with Gasteiger partial charge in [0.15, 0.2) is 13.0 Å². The lowest BCUT2D eigenvalue weighted by Crippen LogP contribution is -2.39. The Labute approximate surface area is 81.3 Å². The highest BCUT2D eigenvalue weighted by molar-refractivity contribution is 7.57. The zero-order chi connectivity index (χ0) is 11.6. The lowest BCUT2D eigenvalue weighted by molar-refractivity contribution is -0.160. The summed E-state index contributed by atoms with van der Waals surface area (Å²) in [6.45, 7) is 3.55. The molecule has 0 spiro atoms. The van der Waals surface area contributed by atoms with Crippen LogP contribution in [0, 0.1) is 0 Å². The number of aliphatic carboxylic acids is 2. The van der Waals surface area contributed by atoms with Gasteiger partial charge in [0, 0.05) is 13.3 Å². The number of rotatable bonds is 5. The summed E-state index contributed by atoms with van der Waals surface area (Å²) < 4.78 is 16.0. The van der Waals surface area contributed by atoms with Gasteiger partial charge >= 0.3 is 11.9 Å². The molecule has 0 rings (SSSR count). The molecule has 0 aliphatic rings. The molecule has 7 heteroatoms. The van der Waals surface area contributed by atoms with Crippen LogP contribution in [0.4, 0.5) is 0 Å². The van der Waals surface area contributed by atoms with Crippen molar-refractivity contribution in [2.24, 2.45) is 0 Å². The smallest absolute Gasteiger partial charge is 0.336 e. The van der Waals surface area contributed by atoms with E-state index in [-0.39, 0.29) is 0 Å². The van der Waals surface area contributed by atoms with Crippen LogP contribution in [-0.2, 0) is 18.7 Å². The fraction of sp³-hybridized carbons (Fsp3) is 0.714. The highest BCUT2D eigenvalue weighted by atomic mass is 31.2. The van der Waals surface area contributed by atoms with Crippen LogP contribution in [0.3, 0.4) is 0 Å². The Kier molecular flexibility index (Phi) is 3.85. The Morgan fingerprint density at radius 3 is 2.00 bits per heavy atom. The van der Waals surface area contributed by atoms with E-state index in [1.807, 2.05) is 0 Å². The second kappa shape index (κ2) is 4.11. The molecule has 0 fully saturated rings. The van der Waals surface area contributed by atoms with Crippen molar-refractivity contribution >= 4 is 19.3 Å². The van der Waals surface area contributed by atoms with Gasteiger partial charge in [-0.15, -0.1) is 0 Å². The van der Waals surface area contributed by atoms with Crippen molar-refractivity contribution in [3.8, 4) is 0 Å². The van der Waals surface area contributed by atoms with Gasteiger partial charge in [-0.3, -0.25) is 9.36 Å². The van der Waals surface area contributed by atoms with Crippen LogP contribution in [0.1, 0.15) is 13.3 Å². The van der Waals surface area contributed by atoms with Gasteiger partial charge < -0.3 is 14.7 Å². The second-order valence-corrected chi connectivity index (χ2v) is 6.14. The average Bonchev–Trinajstić information content (AvgIpc) is 1.79. The lowest BCUT2D eigenvalue weighted by atomic mass is 10.0. The van der Waals surface area contributed by atoms with Gasteiger partial charge in [0.05, 0.1) is 6.42 Å². The third-order valence-electron chi connectivity index (χ3n) is 1.36. The normalized spacial score (nSPS) is 15.9. The standard InChI is InChI=1S/C7H13O6P/c1-7(6(10)11,4-5(8)9)13-14(2,3)12/h4H2,1-3H3,(H,8,9)(H,10,11). The van der Waals surface area contributed by atoms with Crippen molar-refractivity contribution in [2.45, 2.75) is 18.9 Å². The molecule has 0 saturated carbocycles. The van der Waals surface area contributed by atoms with E-state index in [0.717, 1.165) is 6.92 Å². The first-order valence-corrected chi connectivity index (χ1v) is 6.30. The maximum absolute atomic E-state index is 11.2. The van der Waals surface area contributed by atoms with Crippen LogP contribution in [-0.4, -0.2) is 41.1 Å². The molecule has 2 N–H and O–H groups in total. The molecule has 82 valence electrons. The third kappa shape index (κ3) is 4.39. The van der Waals surface area contributed by atoms with Crippen molar-refractivity contribution in [1.29, 1.82) is 0 Å². The van der Waals surface area contributed by atoms with Crippen molar-refractivity contribution < 1.29 is 28.9 Å². The Bertz CT molecular complexity index is 293. The molecule has 1 atom stereocenters. The molecule has 0 bridgehead atoms. The van der Waals surface area contributed by atoms with E-state index in [1.54, 1.807) is 0 Å². The van der Waals surface area contributed by atoms with E-state index in [1.165, 1.54) is 13.3 Å². The molecule has 0 aliphatic heterocycles. The van der Waals surface area contributed by atoms with Crippen LogP contribution >= 0.6 is 7.37 Å². The summed E-state index contributed by atoms with van der Waals surface area (Å²) in [5.74, 6) is -2.76. The van der Waals surface area contributed by atoms with Gasteiger partial charge in [-0.05, 0) is 6.92 Å². The van der Waals surface area contributed by atoms with Crippen molar-refractivity contribution in [1.82, 2.24) is 0 Å². The Morgan fingerprint density at radius 1 is 1.36 bits per heavy atom. The molecule has 0 aromatic heterocycles. The van der Waals surface area contributed by atoms with Crippen molar-refractivity contribution in [3.05, 3.63) is 0 Å². The van der Waals surface area contributed by atoms with Crippen LogP contribution in [0.5, 0.6) is 0 Å². The number of hydrogen-bond donors (Lipinski definition) is 2. The summed E-state index contributed by atoms with van der Waals surface area (Å²) in [6.07, 6.45) is -0.728. The number of hydrogen-bond acceptors (Lipinski definition) is 4. The molecule has 0 heterocycles. The molecular formula is C7H13O6P. The summed E-state index contributed by atoms with van der Waals surface area (Å²) in [7, 11) is -3.04. The number of carbonyl (C=O) groups is 2. The monoisotopic (exact) mass is 224 g/mol. The molecule has 0 saturated heterocycles. The van der Waals surface area contributed by atoms with Gasteiger partial charge in [0.2, 0.25) is 0 Å². The summed E-state index contributed by atoms with van der Waals surface area (Å²) >= 11 is 0. The quantitative estimate of drug-likeness (QED) is 0.671. The van der Waals surface area contributed by atoms with Crippen LogP contribution in [0.15, 0.2) is 0 Å². The Balaban J connectivity index is 4.83. The zero-order valence-electron chi connectivity index (χ0n) is 8.18. The fourth-order valence-electron chi connectivity index (χ4n) is 0.921. The van der Waals surface area contributed by atoms with E-state index < -0.39 is 31.3 Å². The second-order valence-electron chi connectivity index (χ2n) is 3.45. The molecule has 0 aromatic rings. The van der Waals surface area contributed by atoms with Gasteiger partial charge in [0.1, 0.15) is 0 Å². The van der Waals surface area contributed by atoms with Crippen LogP contribution < -0.4 is 0 Å². The zero-order valence-corrected chi connectivity index (χ0v) is 9.08. The Hall–Kier alpha value is -0.870. The molecule has 14 heavy (non-hydrogen) atoms. The predicted molar refractivity (Wildman–Crippen MR) is 48.8 cm³/mol. The largest absolute Gasteiger partial charge is 0.481 e. The summed E-state index contributed by atoms with van der Waals surface area (Å²) in [5.41, 5.74) is -1.94. The summed E-state index contributed by atoms with van der Waals surface area (Å²) in [5, 5.41) is 17.2. The molecule has 0 amide bonds. The van der Waals surface area contributed by atoms with Crippen LogP contribution in [0.25, 0.3) is 0 Å². The molecule has 1 unspecified atom stereocenters. The van der Waals surface area contributed by atoms with Crippen molar-refractivity contribution in [3.63, 3.8) is 0 Å². The summed E-state index contributed by atoms with van der Waals surface area (Å²) in [6, 6.07) is 0. The third-order valence-corrected chi connectivity index (χ3v) is 2.20. The number of carboxylic acids is 2. The van der Waals surface area contributed by atoms with E-state index in [9.17, 15) is 14.2 Å². The van der Waals surface area contributed by atoms with Gasteiger partial charge in [0.25, 0.3) is 0 Å². The minimum absolute atomic E-state index is 0.728. The molecule has 0 aliphatic carbocycles. The van der Waals surface area contributed by atoms with Gasteiger partial charge in [-0.1, -0.05) is 0 Å². The maximum Gasteiger partial charge on any atom is 0.336 e. The molecule has 0 radical (unpaired) electrons. The minimum atomic E-state index is -3.04. The predicted octanol–water partition coefficient (Wildman–Crippen LogP) is 0.859. The van der Waals surface area contributed by atoms with Gasteiger partial charge in [-0.25, -0.2) is 4.79 Å². The SMILES string of the molecule is CC(CC(=O)O)(OP(C)(C)=O)C(=O)O. The molecular weight excluding hydrogens is 211 g/mol. The van der Waals surface area contributed by atoms with Crippen molar-refractivity contribution in [2.75, 3.05) is 13.3 Å². The average molecular weight is 224 g/mol. The summed E-state index contributed by atoms with van der Waals surface area (Å²) in [4.78, 5) is 21.1. The Morgan fingerprint density at radius 2 is 1.79 bits per heavy atom. The van der Waals surface area contributed by atoms with E-state index in [4.69, 9.17) is 14.7 Å². The highest BCUT2D eigenvalue weighted by Gasteiger charge is 2.40.